The fourth-order valence-corrected chi connectivity index (χ4v) is 4.27. The van der Waals surface area contributed by atoms with Crippen LogP contribution < -0.4 is 15.8 Å². The second-order valence-corrected chi connectivity index (χ2v) is 8.02. The molecule has 1 aliphatic heterocycles. The molecule has 0 unspecified atom stereocenters. The third-order valence-corrected chi connectivity index (χ3v) is 5.94. The summed E-state index contributed by atoms with van der Waals surface area (Å²) < 4.78 is 19.2. The lowest BCUT2D eigenvalue weighted by molar-refractivity contribution is 0.0883. The van der Waals surface area contributed by atoms with Gasteiger partial charge < -0.3 is 15.8 Å². The summed E-state index contributed by atoms with van der Waals surface area (Å²) in [6, 6.07) is 24.8. The molecule has 0 fully saturated rings. The van der Waals surface area contributed by atoms with Crippen LogP contribution in [0.25, 0.3) is 11.1 Å². The van der Waals surface area contributed by atoms with Crippen molar-refractivity contribution in [3.63, 3.8) is 0 Å². The molecule has 0 aliphatic carbocycles. The van der Waals surface area contributed by atoms with E-state index in [9.17, 15) is 9.18 Å². The van der Waals surface area contributed by atoms with Crippen molar-refractivity contribution in [2.45, 2.75) is 12.0 Å². The number of benzene rings is 3. The normalized spacial score (nSPS) is 17.0. The van der Waals surface area contributed by atoms with Gasteiger partial charge in [0.15, 0.2) is 0 Å². The first-order valence-electron chi connectivity index (χ1n) is 10.7. The molecule has 33 heavy (non-hydrogen) atoms. The number of nitrogens with one attached hydrogen (secondary N) is 1. The molecule has 0 saturated heterocycles. The number of hydrogen-bond acceptors (Lipinski definition) is 4. The number of fused-ring (bicyclic) bond motifs is 1. The third kappa shape index (κ3) is 3.91. The van der Waals surface area contributed by atoms with E-state index in [4.69, 9.17) is 10.5 Å². The molecule has 0 saturated carbocycles. The molecular weight excluding hydrogens is 417 g/mol. The van der Waals surface area contributed by atoms with Gasteiger partial charge in [-0.3, -0.25) is 9.78 Å². The molecule has 1 amide bonds. The maximum Gasteiger partial charge on any atom is 0.252 e. The van der Waals surface area contributed by atoms with Crippen LogP contribution in [0.1, 0.15) is 28.0 Å². The fraction of sp³-hybridized carbons (Fsp3) is 0.111. The second-order valence-electron chi connectivity index (χ2n) is 8.02. The number of nitrogens with two attached hydrogens (primary N) is 1. The number of pyridine rings is 1. The smallest absolute Gasteiger partial charge is 0.252 e. The number of anilines is 1. The van der Waals surface area contributed by atoms with Crippen LogP contribution in [0.4, 0.5) is 10.1 Å². The molecule has 6 heteroatoms. The number of nitrogen functional groups attached to an aromatic ring is 1. The van der Waals surface area contributed by atoms with E-state index in [1.165, 1.54) is 24.3 Å². The number of amides is 1. The van der Waals surface area contributed by atoms with Crippen molar-refractivity contribution >= 4 is 11.6 Å². The highest BCUT2D eigenvalue weighted by Gasteiger charge is 2.42. The van der Waals surface area contributed by atoms with Crippen molar-refractivity contribution < 1.29 is 13.9 Å². The van der Waals surface area contributed by atoms with Crippen LogP contribution in [0.2, 0.25) is 0 Å². The number of ether oxygens (including phenoxy) is 1. The van der Waals surface area contributed by atoms with Gasteiger partial charge in [0.25, 0.3) is 5.91 Å². The second kappa shape index (κ2) is 8.39. The lowest BCUT2D eigenvalue weighted by Crippen LogP contribution is -2.50. The number of carbonyl (C=O) groups is 1. The summed E-state index contributed by atoms with van der Waals surface area (Å²) in [6.45, 7) is 0.416. The molecule has 3 N–H and O–H groups in total. The van der Waals surface area contributed by atoms with Crippen molar-refractivity contribution in [2.75, 3.05) is 12.3 Å². The maximum atomic E-state index is 13.4. The van der Waals surface area contributed by atoms with Gasteiger partial charge in [-0.05, 0) is 65.2 Å². The third-order valence-electron chi connectivity index (χ3n) is 5.94. The van der Waals surface area contributed by atoms with Gasteiger partial charge in [-0.2, -0.15) is 0 Å². The minimum atomic E-state index is -0.894. The van der Waals surface area contributed by atoms with Gasteiger partial charge in [0.05, 0.1) is 6.61 Å². The Hall–Kier alpha value is -4.19. The van der Waals surface area contributed by atoms with Gasteiger partial charge >= 0.3 is 0 Å². The first kappa shape index (κ1) is 20.7. The Bertz CT molecular complexity index is 1310. The summed E-state index contributed by atoms with van der Waals surface area (Å²) >= 11 is 0. The Kier molecular flexibility index (Phi) is 5.26. The Balaban J connectivity index is 1.58. The molecule has 2 heterocycles. The van der Waals surface area contributed by atoms with E-state index in [-0.39, 0.29) is 5.91 Å². The zero-order valence-corrected chi connectivity index (χ0v) is 17.8. The summed E-state index contributed by atoms with van der Waals surface area (Å²) in [5, 5.41) is 3.19. The van der Waals surface area contributed by atoms with Crippen LogP contribution >= 0.6 is 0 Å². The molecule has 0 radical (unpaired) electrons. The van der Waals surface area contributed by atoms with Gasteiger partial charge in [0.1, 0.15) is 22.8 Å². The standard InChI is InChI=1S/C27H22FN3O2/c28-22-12-8-19(9-13-22)26(32)31-27(14-16-33-24-5-2-15-30-25(24)27)21-10-6-18(7-11-21)20-3-1-4-23(29)17-20/h1-13,15,17H,14,16,29H2,(H,31,32)/t27-/m0/s1. The fourth-order valence-electron chi connectivity index (χ4n) is 4.27. The summed E-state index contributed by atoms with van der Waals surface area (Å²) in [6.07, 6.45) is 2.19. The lowest BCUT2D eigenvalue weighted by Gasteiger charge is -2.39. The minimum absolute atomic E-state index is 0.312. The minimum Gasteiger partial charge on any atom is -0.491 e. The van der Waals surface area contributed by atoms with Crippen LogP contribution in [0, 0.1) is 5.82 Å². The molecule has 1 aromatic heterocycles. The molecule has 3 aromatic carbocycles. The summed E-state index contributed by atoms with van der Waals surface area (Å²) in [5.74, 6) is -0.0760. The summed E-state index contributed by atoms with van der Waals surface area (Å²) in [4.78, 5) is 17.8. The molecule has 0 spiro atoms. The number of rotatable bonds is 4. The number of carbonyl (C=O) groups excluding carboxylic acids is 1. The molecular formula is C27H22FN3O2. The number of halogens is 1. The van der Waals surface area contributed by atoms with Crippen molar-refractivity contribution in [3.8, 4) is 16.9 Å². The highest BCUT2D eigenvalue weighted by molar-refractivity contribution is 5.95. The van der Waals surface area contributed by atoms with E-state index in [1.807, 2.05) is 54.6 Å². The molecule has 164 valence electrons. The van der Waals surface area contributed by atoms with E-state index in [0.717, 1.165) is 16.7 Å². The van der Waals surface area contributed by atoms with Gasteiger partial charge in [-0.15, -0.1) is 0 Å². The highest BCUT2D eigenvalue weighted by Crippen LogP contribution is 2.41. The lowest BCUT2D eigenvalue weighted by atomic mass is 9.80. The average molecular weight is 439 g/mol. The molecule has 4 aromatic rings. The van der Waals surface area contributed by atoms with Crippen molar-refractivity contribution in [2.24, 2.45) is 0 Å². The Morgan fingerprint density at radius 2 is 1.76 bits per heavy atom. The van der Waals surface area contributed by atoms with Crippen LogP contribution in [-0.2, 0) is 5.54 Å². The van der Waals surface area contributed by atoms with Gasteiger partial charge in [0, 0.05) is 23.9 Å². The number of hydrogen-bond donors (Lipinski definition) is 2. The SMILES string of the molecule is Nc1cccc(-c2ccc([C@@]3(NC(=O)c4ccc(F)cc4)CCOc4cccnc43)cc2)c1. The number of nitrogens with zero attached hydrogens (tertiary/aromatic N) is 1. The largest absolute Gasteiger partial charge is 0.491 e. The van der Waals surface area contributed by atoms with Gasteiger partial charge in [-0.1, -0.05) is 36.4 Å². The zero-order valence-electron chi connectivity index (χ0n) is 17.8. The molecule has 5 rings (SSSR count). The quantitative estimate of drug-likeness (QED) is 0.442. The first-order valence-corrected chi connectivity index (χ1v) is 10.7. The number of aromatic nitrogens is 1. The molecule has 5 nitrogen and oxygen atoms in total. The summed E-state index contributed by atoms with van der Waals surface area (Å²) in [7, 11) is 0. The van der Waals surface area contributed by atoms with E-state index in [1.54, 1.807) is 12.3 Å². The molecule has 1 aliphatic rings. The van der Waals surface area contributed by atoms with Gasteiger partial charge in [-0.25, -0.2) is 4.39 Å². The van der Waals surface area contributed by atoms with Crippen molar-refractivity contribution in [1.29, 1.82) is 0 Å². The van der Waals surface area contributed by atoms with E-state index in [2.05, 4.69) is 10.3 Å². The monoisotopic (exact) mass is 439 g/mol. The van der Waals surface area contributed by atoms with Crippen molar-refractivity contribution in [1.82, 2.24) is 10.3 Å². The van der Waals surface area contributed by atoms with E-state index < -0.39 is 11.4 Å². The molecule has 1 atom stereocenters. The first-order chi connectivity index (χ1) is 16.0. The predicted molar refractivity (Wildman–Crippen MR) is 125 cm³/mol. The zero-order chi connectivity index (χ0) is 22.8. The topological polar surface area (TPSA) is 77.2 Å². The predicted octanol–water partition coefficient (Wildman–Crippen LogP) is 4.93. The molecule has 0 bridgehead atoms. The Labute approximate surface area is 191 Å². The van der Waals surface area contributed by atoms with E-state index >= 15 is 0 Å². The van der Waals surface area contributed by atoms with E-state index in [0.29, 0.717) is 35.7 Å². The highest BCUT2D eigenvalue weighted by atomic mass is 19.1. The van der Waals surface area contributed by atoms with Gasteiger partial charge in [0.2, 0.25) is 0 Å². The summed E-state index contributed by atoms with van der Waals surface area (Å²) in [5.41, 5.74) is 9.67. The van der Waals surface area contributed by atoms with Crippen LogP contribution in [0.3, 0.4) is 0 Å². The maximum absolute atomic E-state index is 13.4. The van der Waals surface area contributed by atoms with Crippen LogP contribution in [0.5, 0.6) is 5.75 Å². The van der Waals surface area contributed by atoms with Crippen LogP contribution in [0.15, 0.2) is 91.1 Å². The van der Waals surface area contributed by atoms with Crippen molar-refractivity contribution in [3.05, 3.63) is 114 Å². The average Bonchev–Trinajstić information content (AvgIpc) is 2.85. The van der Waals surface area contributed by atoms with Crippen LogP contribution in [-0.4, -0.2) is 17.5 Å². The Morgan fingerprint density at radius 3 is 2.52 bits per heavy atom. The Morgan fingerprint density at radius 1 is 0.970 bits per heavy atom.